The lowest BCUT2D eigenvalue weighted by Crippen LogP contribution is -2.29. The summed E-state index contributed by atoms with van der Waals surface area (Å²) >= 11 is 0. The topological polar surface area (TPSA) is 18.5 Å². The van der Waals surface area contributed by atoms with Gasteiger partial charge in [-0.05, 0) is 97.1 Å². The molecule has 0 radical (unpaired) electrons. The van der Waals surface area contributed by atoms with E-state index in [0.717, 1.165) is 48.8 Å². The van der Waals surface area contributed by atoms with E-state index in [1.54, 1.807) is 6.07 Å². The highest BCUT2D eigenvalue weighted by molar-refractivity contribution is 5.71. The van der Waals surface area contributed by atoms with Crippen LogP contribution in [0.25, 0.3) is 22.3 Å². The highest BCUT2D eigenvalue weighted by atomic mass is 19.2. The van der Waals surface area contributed by atoms with Crippen molar-refractivity contribution in [2.75, 3.05) is 13.2 Å². The summed E-state index contributed by atoms with van der Waals surface area (Å²) in [7, 11) is 0. The van der Waals surface area contributed by atoms with Gasteiger partial charge < -0.3 is 9.47 Å². The number of ether oxygens (including phenoxy) is 2. The summed E-state index contributed by atoms with van der Waals surface area (Å²) in [6, 6.07) is 19.3. The van der Waals surface area contributed by atoms with Gasteiger partial charge in [0.05, 0.1) is 19.3 Å². The van der Waals surface area contributed by atoms with Gasteiger partial charge in [0.25, 0.3) is 0 Å². The van der Waals surface area contributed by atoms with Crippen molar-refractivity contribution < 1.29 is 18.3 Å². The lowest BCUT2D eigenvalue weighted by Gasteiger charge is -2.38. The van der Waals surface area contributed by atoms with Gasteiger partial charge in [0, 0.05) is 5.56 Å². The van der Waals surface area contributed by atoms with Crippen LogP contribution in [0.4, 0.5) is 8.78 Å². The average molecular weight is 545 g/mol. The van der Waals surface area contributed by atoms with E-state index in [4.69, 9.17) is 9.47 Å². The lowest BCUT2D eigenvalue weighted by molar-refractivity contribution is -0.0404. The van der Waals surface area contributed by atoms with Crippen molar-refractivity contribution in [2.24, 2.45) is 17.8 Å². The second-order valence-electron chi connectivity index (χ2n) is 11.6. The molecular formula is C36H42F2O2. The van der Waals surface area contributed by atoms with Crippen LogP contribution in [0.3, 0.4) is 0 Å². The molecule has 0 aromatic heterocycles. The molecule has 4 heteroatoms. The second kappa shape index (κ2) is 13.6. The largest absolute Gasteiger partial charge is 0.490 e. The molecule has 1 saturated heterocycles. The molecule has 0 bridgehead atoms. The molecule has 212 valence electrons. The summed E-state index contributed by atoms with van der Waals surface area (Å²) in [6.07, 6.45) is 13.2. The monoisotopic (exact) mass is 544 g/mol. The predicted octanol–water partition coefficient (Wildman–Crippen LogP) is 10.3. The Morgan fingerprint density at radius 1 is 0.800 bits per heavy atom. The van der Waals surface area contributed by atoms with Crippen LogP contribution in [0, 0.1) is 29.4 Å². The Kier molecular flexibility index (Phi) is 9.70. The molecule has 1 aliphatic carbocycles. The third kappa shape index (κ3) is 6.66. The number of rotatable bonds is 10. The van der Waals surface area contributed by atoms with Crippen molar-refractivity contribution in [3.05, 3.63) is 90.5 Å². The zero-order valence-electron chi connectivity index (χ0n) is 23.7. The summed E-state index contributed by atoms with van der Waals surface area (Å²) in [5, 5.41) is 0. The number of benzene rings is 3. The Morgan fingerprint density at radius 3 is 2.08 bits per heavy atom. The van der Waals surface area contributed by atoms with E-state index in [1.165, 1.54) is 50.2 Å². The van der Waals surface area contributed by atoms with Gasteiger partial charge in [-0.1, -0.05) is 74.4 Å². The molecule has 1 heterocycles. The third-order valence-corrected chi connectivity index (χ3v) is 8.97. The van der Waals surface area contributed by atoms with Crippen LogP contribution >= 0.6 is 0 Å². The lowest BCUT2D eigenvalue weighted by atomic mass is 9.72. The highest BCUT2D eigenvalue weighted by Crippen LogP contribution is 2.41. The van der Waals surface area contributed by atoms with Crippen LogP contribution in [-0.4, -0.2) is 13.2 Å². The molecule has 1 saturated carbocycles. The van der Waals surface area contributed by atoms with Gasteiger partial charge in [-0.2, -0.15) is 4.39 Å². The molecule has 0 spiro atoms. The molecule has 3 aromatic carbocycles. The van der Waals surface area contributed by atoms with E-state index >= 15 is 0 Å². The highest BCUT2D eigenvalue weighted by Gasteiger charge is 2.31. The molecule has 2 aliphatic rings. The molecule has 3 aromatic rings. The first kappa shape index (κ1) is 28.5. The van der Waals surface area contributed by atoms with Crippen LogP contribution in [0.15, 0.2) is 73.3 Å². The number of halogens is 2. The first-order valence-corrected chi connectivity index (χ1v) is 15.1. The van der Waals surface area contributed by atoms with Crippen LogP contribution in [0.1, 0.15) is 76.4 Å². The maximum Gasteiger partial charge on any atom is 0.201 e. The van der Waals surface area contributed by atoms with E-state index < -0.39 is 11.6 Å². The summed E-state index contributed by atoms with van der Waals surface area (Å²) in [5.41, 5.74) is 4.22. The van der Waals surface area contributed by atoms with Gasteiger partial charge in [-0.3, -0.25) is 0 Å². The zero-order chi connectivity index (χ0) is 27.9. The van der Waals surface area contributed by atoms with E-state index in [1.807, 2.05) is 31.2 Å². The van der Waals surface area contributed by atoms with Crippen LogP contribution in [0.2, 0.25) is 0 Å². The predicted molar refractivity (Wildman–Crippen MR) is 159 cm³/mol. The Balaban J connectivity index is 1.16. The van der Waals surface area contributed by atoms with Crippen LogP contribution in [0.5, 0.6) is 5.75 Å². The zero-order valence-corrected chi connectivity index (χ0v) is 23.7. The van der Waals surface area contributed by atoms with Crippen molar-refractivity contribution in [1.29, 1.82) is 0 Å². The Bertz CT molecular complexity index is 1240. The molecule has 2 unspecified atom stereocenters. The number of hydrogen-bond acceptors (Lipinski definition) is 2. The standard InChI is InChI=1S/C36H42F2O2/c1-3-5-6-25-7-9-28(10-8-25)31-19-21-33(40-24-31)30-17-13-27(14-18-30)26-11-15-29(16-12-26)32-20-22-34(39-23-4-2)36(38)35(32)37/h3,11-18,20,22,25,28,31,33H,1,4-10,19,21,23-24H2,2H3. The molecule has 2 atom stereocenters. The van der Waals surface area contributed by atoms with Crippen molar-refractivity contribution in [3.8, 4) is 28.0 Å². The van der Waals surface area contributed by atoms with Gasteiger partial charge in [-0.25, -0.2) is 4.39 Å². The van der Waals surface area contributed by atoms with Gasteiger partial charge in [0.2, 0.25) is 5.82 Å². The fraction of sp³-hybridized carbons (Fsp3) is 0.444. The smallest absolute Gasteiger partial charge is 0.201 e. The fourth-order valence-corrected chi connectivity index (χ4v) is 6.52. The first-order valence-electron chi connectivity index (χ1n) is 15.1. The number of hydrogen-bond donors (Lipinski definition) is 0. The summed E-state index contributed by atoms with van der Waals surface area (Å²) < 4.78 is 40.9. The minimum Gasteiger partial charge on any atom is -0.490 e. The van der Waals surface area contributed by atoms with E-state index in [0.29, 0.717) is 18.1 Å². The van der Waals surface area contributed by atoms with Gasteiger partial charge >= 0.3 is 0 Å². The second-order valence-corrected chi connectivity index (χ2v) is 11.6. The van der Waals surface area contributed by atoms with Crippen molar-refractivity contribution >= 4 is 0 Å². The molecule has 2 fully saturated rings. The van der Waals surface area contributed by atoms with Gasteiger partial charge in [-0.15, -0.1) is 6.58 Å². The first-order chi connectivity index (χ1) is 19.6. The Hall–Kier alpha value is -2.98. The average Bonchev–Trinajstić information content (AvgIpc) is 3.01. The fourth-order valence-electron chi connectivity index (χ4n) is 6.52. The maximum atomic E-state index is 14.7. The van der Waals surface area contributed by atoms with Gasteiger partial charge in [0.1, 0.15) is 0 Å². The third-order valence-electron chi connectivity index (χ3n) is 8.97. The van der Waals surface area contributed by atoms with E-state index in [9.17, 15) is 8.78 Å². The summed E-state index contributed by atoms with van der Waals surface area (Å²) in [5.74, 6) is 0.558. The van der Waals surface area contributed by atoms with Crippen LogP contribution in [-0.2, 0) is 4.74 Å². The SMILES string of the molecule is C=CCCC1CCC(C2CCC(c3ccc(-c4ccc(-c5ccc(OCCC)c(F)c5F)cc4)cc3)OC2)CC1. The molecule has 2 nitrogen and oxygen atoms in total. The molecule has 0 N–H and O–H groups in total. The quantitative estimate of drug-likeness (QED) is 0.236. The van der Waals surface area contributed by atoms with E-state index in [2.05, 4.69) is 36.9 Å². The Labute approximate surface area is 238 Å². The molecule has 5 rings (SSSR count). The number of allylic oxidation sites excluding steroid dienone is 1. The maximum absolute atomic E-state index is 14.7. The molecule has 40 heavy (non-hydrogen) atoms. The molecular weight excluding hydrogens is 502 g/mol. The Morgan fingerprint density at radius 2 is 1.45 bits per heavy atom. The van der Waals surface area contributed by atoms with E-state index in [-0.39, 0.29) is 17.4 Å². The van der Waals surface area contributed by atoms with Gasteiger partial charge in [0.15, 0.2) is 11.6 Å². The van der Waals surface area contributed by atoms with Crippen LogP contribution < -0.4 is 4.74 Å². The van der Waals surface area contributed by atoms with Crippen molar-refractivity contribution in [1.82, 2.24) is 0 Å². The summed E-state index contributed by atoms with van der Waals surface area (Å²) in [6.45, 7) is 7.03. The normalized spacial score (nSPS) is 23.1. The minimum atomic E-state index is -0.937. The minimum absolute atomic E-state index is 0.0423. The van der Waals surface area contributed by atoms with Crippen molar-refractivity contribution in [3.63, 3.8) is 0 Å². The van der Waals surface area contributed by atoms with Crippen molar-refractivity contribution in [2.45, 2.75) is 70.8 Å². The summed E-state index contributed by atoms with van der Waals surface area (Å²) in [4.78, 5) is 0. The molecule has 1 aliphatic heterocycles. The molecule has 0 amide bonds.